The summed E-state index contributed by atoms with van der Waals surface area (Å²) in [5.41, 5.74) is 0.960. The minimum atomic E-state index is -0.0305. The third-order valence-electron chi connectivity index (χ3n) is 3.93. The summed E-state index contributed by atoms with van der Waals surface area (Å²) < 4.78 is 0. The molecule has 1 aliphatic rings. The van der Waals surface area contributed by atoms with Crippen LogP contribution in [0.15, 0.2) is 18.3 Å². The molecule has 1 saturated heterocycles. The summed E-state index contributed by atoms with van der Waals surface area (Å²) >= 11 is 0. The summed E-state index contributed by atoms with van der Waals surface area (Å²) in [5, 5.41) is 2.90. The van der Waals surface area contributed by atoms with Gasteiger partial charge in [0.1, 0.15) is 5.82 Å². The van der Waals surface area contributed by atoms with E-state index in [2.05, 4.69) is 10.3 Å². The lowest BCUT2D eigenvalue weighted by atomic mass is 9.95. The Balaban J connectivity index is 1.86. The van der Waals surface area contributed by atoms with Crippen molar-refractivity contribution in [2.75, 3.05) is 18.4 Å². The van der Waals surface area contributed by atoms with Crippen molar-refractivity contribution in [1.82, 2.24) is 9.88 Å². The fraction of sp³-hybridized carbons (Fsp3) is 0.562. The standard InChI is InChI=1S/C16H23N3O2/c1-3-5-14(20)19-10-7-13(8-11-19)16(21)18-15-12(2)6-4-9-17-15/h4,6,9,13H,3,5,7-8,10-11H2,1-2H3,(H,17,18,21). The van der Waals surface area contributed by atoms with Crippen molar-refractivity contribution >= 4 is 17.6 Å². The summed E-state index contributed by atoms with van der Waals surface area (Å²) in [4.78, 5) is 30.2. The molecule has 1 fully saturated rings. The van der Waals surface area contributed by atoms with E-state index in [0.29, 0.717) is 25.3 Å². The van der Waals surface area contributed by atoms with E-state index in [1.165, 1.54) is 0 Å². The first-order valence-corrected chi connectivity index (χ1v) is 7.62. The van der Waals surface area contributed by atoms with E-state index < -0.39 is 0 Å². The number of anilines is 1. The van der Waals surface area contributed by atoms with Gasteiger partial charge in [-0.25, -0.2) is 4.98 Å². The number of aromatic nitrogens is 1. The molecule has 114 valence electrons. The fourth-order valence-corrected chi connectivity index (χ4v) is 2.60. The molecule has 1 N–H and O–H groups in total. The number of amides is 2. The van der Waals surface area contributed by atoms with Crippen LogP contribution in [-0.4, -0.2) is 34.8 Å². The number of pyridine rings is 1. The van der Waals surface area contributed by atoms with Crippen LogP contribution in [0.2, 0.25) is 0 Å². The smallest absolute Gasteiger partial charge is 0.228 e. The Kier molecular flexibility index (Phi) is 5.31. The number of hydrogen-bond donors (Lipinski definition) is 1. The number of carbonyl (C=O) groups excluding carboxylic acids is 2. The predicted octanol–water partition coefficient (Wildman–Crippen LogP) is 2.37. The van der Waals surface area contributed by atoms with E-state index in [1.54, 1.807) is 6.20 Å². The number of carbonyl (C=O) groups is 2. The molecule has 5 heteroatoms. The monoisotopic (exact) mass is 289 g/mol. The van der Waals surface area contributed by atoms with E-state index in [4.69, 9.17) is 0 Å². The van der Waals surface area contributed by atoms with E-state index in [-0.39, 0.29) is 17.7 Å². The number of rotatable bonds is 4. The molecular formula is C16H23N3O2. The molecule has 0 unspecified atom stereocenters. The second-order valence-electron chi connectivity index (χ2n) is 5.56. The highest BCUT2D eigenvalue weighted by atomic mass is 16.2. The second-order valence-corrected chi connectivity index (χ2v) is 5.56. The first-order chi connectivity index (χ1) is 10.1. The van der Waals surface area contributed by atoms with Gasteiger partial charge in [-0.1, -0.05) is 13.0 Å². The molecule has 0 aliphatic carbocycles. The van der Waals surface area contributed by atoms with Crippen LogP contribution < -0.4 is 5.32 Å². The van der Waals surface area contributed by atoms with Gasteiger partial charge < -0.3 is 10.2 Å². The third kappa shape index (κ3) is 4.03. The van der Waals surface area contributed by atoms with Gasteiger partial charge in [-0.15, -0.1) is 0 Å². The fourth-order valence-electron chi connectivity index (χ4n) is 2.60. The molecule has 1 aromatic rings. The number of nitrogens with one attached hydrogen (secondary N) is 1. The molecule has 0 spiro atoms. The SMILES string of the molecule is CCCC(=O)N1CCC(C(=O)Nc2ncccc2C)CC1. The van der Waals surface area contributed by atoms with Gasteiger partial charge in [-0.3, -0.25) is 9.59 Å². The number of aryl methyl sites for hydroxylation is 1. The Hall–Kier alpha value is -1.91. The van der Waals surface area contributed by atoms with E-state index in [9.17, 15) is 9.59 Å². The van der Waals surface area contributed by atoms with Gasteiger partial charge in [-0.2, -0.15) is 0 Å². The second kappa shape index (κ2) is 7.20. The average Bonchev–Trinajstić information content (AvgIpc) is 2.50. The Bertz CT molecular complexity index is 508. The molecule has 0 saturated carbocycles. The van der Waals surface area contributed by atoms with E-state index in [0.717, 1.165) is 24.8 Å². The lowest BCUT2D eigenvalue weighted by Crippen LogP contribution is -2.41. The zero-order chi connectivity index (χ0) is 15.2. The van der Waals surface area contributed by atoms with Crippen LogP contribution in [0.5, 0.6) is 0 Å². The van der Waals surface area contributed by atoms with Crippen molar-refractivity contribution in [2.45, 2.75) is 39.5 Å². The van der Waals surface area contributed by atoms with Gasteiger partial charge in [-0.05, 0) is 37.8 Å². The highest BCUT2D eigenvalue weighted by Crippen LogP contribution is 2.20. The van der Waals surface area contributed by atoms with Gasteiger partial charge in [0.25, 0.3) is 0 Å². The lowest BCUT2D eigenvalue weighted by molar-refractivity contribution is -0.134. The Morgan fingerprint density at radius 3 is 2.71 bits per heavy atom. The van der Waals surface area contributed by atoms with Crippen molar-refractivity contribution < 1.29 is 9.59 Å². The van der Waals surface area contributed by atoms with Crippen molar-refractivity contribution in [2.24, 2.45) is 5.92 Å². The number of nitrogens with zero attached hydrogens (tertiary/aromatic N) is 2. The number of hydrogen-bond acceptors (Lipinski definition) is 3. The van der Waals surface area contributed by atoms with Gasteiger partial charge in [0.2, 0.25) is 11.8 Å². The van der Waals surface area contributed by atoms with Gasteiger partial charge in [0, 0.05) is 31.6 Å². The van der Waals surface area contributed by atoms with Crippen LogP contribution in [0.4, 0.5) is 5.82 Å². The summed E-state index contributed by atoms with van der Waals surface area (Å²) in [7, 11) is 0. The molecule has 2 rings (SSSR count). The Morgan fingerprint density at radius 2 is 2.10 bits per heavy atom. The molecule has 0 aromatic carbocycles. The van der Waals surface area contributed by atoms with Crippen molar-refractivity contribution in [3.05, 3.63) is 23.9 Å². The van der Waals surface area contributed by atoms with Crippen LogP contribution in [0.1, 0.15) is 38.2 Å². The maximum atomic E-state index is 12.3. The molecule has 2 heterocycles. The van der Waals surface area contributed by atoms with Gasteiger partial charge in [0.15, 0.2) is 0 Å². The third-order valence-corrected chi connectivity index (χ3v) is 3.93. The molecule has 0 bridgehead atoms. The Morgan fingerprint density at radius 1 is 1.38 bits per heavy atom. The zero-order valence-corrected chi connectivity index (χ0v) is 12.8. The largest absolute Gasteiger partial charge is 0.343 e. The highest BCUT2D eigenvalue weighted by Gasteiger charge is 2.27. The zero-order valence-electron chi connectivity index (χ0n) is 12.8. The molecule has 0 atom stereocenters. The topological polar surface area (TPSA) is 62.3 Å². The summed E-state index contributed by atoms with van der Waals surface area (Å²) in [6.07, 6.45) is 4.61. The summed E-state index contributed by atoms with van der Waals surface area (Å²) in [5.74, 6) is 0.820. The lowest BCUT2D eigenvalue weighted by Gasteiger charge is -2.31. The molecule has 0 radical (unpaired) electrons. The summed E-state index contributed by atoms with van der Waals surface area (Å²) in [6, 6.07) is 3.78. The summed E-state index contributed by atoms with van der Waals surface area (Å²) in [6.45, 7) is 5.29. The van der Waals surface area contributed by atoms with E-state index in [1.807, 2.05) is 30.9 Å². The maximum Gasteiger partial charge on any atom is 0.228 e. The van der Waals surface area contributed by atoms with Crippen molar-refractivity contribution in [3.8, 4) is 0 Å². The average molecular weight is 289 g/mol. The molecule has 1 aromatic heterocycles. The van der Waals surface area contributed by atoms with Crippen molar-refractivity contribution in [3.63, 3.8) is 0 Å². The van der Waals surface area contributed by atoms with E-state index >= 15 is 0 Å². The molecule has 21 heavy (non-hydrogen) atoms. The minimum absolute atomic E-state index is 0.0133. The molecule has 2 amide bonds. The molecule has 1 aliphatic heterocycles. The van der Waals surface area contributed by atoms with Crippen molar-refractivity contribution in [1.29, 1.82) is 0 Å². The normalized spacial score (nSPS) is 15.8. The quantitative estimate of drug-likeness (QED) is 0.925. The van der Waals surface area contributed by atoms with Crippen LogP contribution in [0, 0.1) is 12.8 Å². The molecule has 5 nitrogen and oxygen atoms in total. The van der Waals surface area contributed by atoms with Crippen LogP contribution in [-0.2, 0) is 9.59 Å². The number of piperidine rings is 1. The maximum absolute atomic E-state index is 12.3. The van der Waals surface area contributed by atoms with Crippen LogP contribution in [0.3, 0.4) is 0 Å². The van der Waals surface area contributed by atoms with Gasteiger partial charge >= 0.3 is 0 Å². The first-order valence-electron chi connectivity index (χ1n) is 7.62. The Labute approximate surface area is 125 Å². The number of likely N-dealkylation sites (tertiary alicyclic amines) is 1. The molecular weight excluding hydrogens is 266 g/mol. The minimum Gasteiger partial charge on any atom is -0.343 e. The highest BCUT2D eigenvalue weighted by molar-refractivity contribution is 5.92. The van der Waals surface area contributed by atoms with Crippen LogP contribution >= 0.6 is 0 Å². The predicted molar refractivity (Wildman–Crippen MR) is 81.8 cm³/mol. The van der Waals surface area contributed by atoms with Gasteiger partial charge in [0.05, 0.1) is 0 Å². The van der Waals surface area contributed by atoms with Crippen LogP contribution in [0.25, 0.3) is 0 Å². The first kappa shape index (κ1) is 15.5.